The van der Waals surface area contributed by atoms with Crippen LogP contribution in [0.3, 0.4) is 0 Å². The first-order chi connectivity index (χ1) is 11.4. The van der Waals surface area contributed by atoms with Crippen LogP contribution in [0.4, 0.5) is 0 Å². The van der Waals surface area contributed by atoms with Crippen molar-refractivity contribution in [3.63, 3.8) is 0 Å². The summed E-state index contributed by atoms with van der Waals surface area (Å²) in [7, 11) is 0. The quantitative estimate of drug-likeness (QED) is 0.298. The maximum atomic E-state index is 4.22. The summed E-state index contributed by atoms with van der Waals surface area (Å²) in [5.41, 5.74) is 0. The van der Waals surface area contributed by atoms with E-state index in [-0.39, 0.29) is 0 Å². The number of hydrogen-bond acceptors (Lipinski definition) is 2. The topological polar surface area (TPSA) is 24.4 Å². The number of aliphatic imine (C=N–C) groups is 1. The molecule has 1 atom stereocenters. The fourth-order valence-corrected chi connectivity index (χ4v) is 3.50. The Hall–Kier alpha value is -0.530. The molecule has 0 saturated heterocycles. The molecule has 0 radical (unpaired) electrons. The second-order valence-electron chi connectivity index (χ2n) is 7.45. The van der Waals surface area contributed by atoms with Crippen molar-refractivity contribution in [1.29, 1.82) is 0 Å². The zero-order chi connectivity index (χ0) is 16.4. The molecule has 1 N–H and O–H groups in total. The molecule has 0 fully saturated rings. The summed E-state index contributed by atoms with van der Waals surface area (Å²) in [4.78, 5) is 4.22. The molecule has 0 aromatic carbocycles. The Labute approximate surface area is 145 Å². The van der Waals surface area contributed by atoms with Crippen molar-refractivity contribution in [2.75, 3.05) is 6.54 Å². The second kappa shape index (κ2) is 16.3. The van der Waals surface area contributed by atoms with Gasteiger partial charge < -0.3 is 5.32 Å². The molecule has 0 amide bonds. The van der Waals surface area contributed by atoms with Gasteiger partial charge in [0.2, 0.25) is 0 Å². The minimum Gasteiger partial charge on any atom is -0.372 e. The van der Waals surface area contributed by atoms with Crippen LogP contribution in [0.5, 0.6) is 0 Å². The van der Waals surface area contributed by atoms with Gasteiger partial charge >= 0.3 is 0 Å². The van der Waals surface area contributed by atoms with Gasteiger partial charge in [0, 0.05) is 6.04 Å². The fraction of sp³-hybridized carbons (Fsp3) is 0.952. The zero-order valence-corrected chi connectivity index (χ0v) is 15.8. The molecule has 0 aromatic heterocycles. The van der Waals surface area contributed by atoms with Crippen molar-refractivity contribution in [2.24, 2.45) is 4.99 Å². The van der Waals surface area contributed by atoms with Crippen molar-refractivity contribution in [3.8, 4) is 0 Å². The third kappa shape index (κ3) is 13.6. The summed E-state index contributed by atoms with van der Waals surface area (Å²) in [6.45, 7) is 3.29. The normalized spacial score (nSPS) is 16.8. The molecular weight excluding hydrogens is 280 g/mol. The van der Waals surface area contributed by atoms with Crippen LogP contribution >= 0.6 is 0 Å². The highest BCUT2D eigenvalue weighted by Gasteiger charge is 2.08. The highest BCUT2D eigenvalue weighted by atomic mass is 15.0. The highest BCUT2D eigenvalue weighted by Crippen LogP contribution is 2.14. The monoisotopic (exact) mass is 322 g/mol. The van der Waals surface area contributed by atoms with Crippen LogP contribution in [0, 0.1) is 0 Å². The molecule has 2 heteroatoms. The molecule has 0 saturated carbocycles. The van der Waals surface area contributed by atoms with E-state index in [0.717, 1.165) is 6.54 Å². The largest absolute Gasteiger partial charge is 0.372 e. The maximum Gasteiger partial charge on any atom is 0.0827 e. The van der Waals surface area contributed by atoms with Crippen LogP contribution in [-0.4, -0.2) is 18.9 Å². The van der Waals surface area contributed by atoms with Gasteiger partial charge in [-0.3, -0.25) is 4.99 Å². The molecule has 0 aliphatic carbocycles. The fourth-order valence-electron chi connectivity index (χ4n) is 3.50. The summed E-state index contributed by atoms with van der Waals surface area (Å²) in [5.74, 6) is 0. The van der Waals surface area contributed by atoms with Gasteiger partial charge in [0.15, 0.2) is 0 Å². The average molecular weight is 323 g/mol. The van der Waals surface area contributed by atoms with E-state index in [1.54, 1.807) is 0 Å². The van der Waals surface area contributed by atoms with Crippen LogP contribution in [0.2, 0.25) is 0 Å². The van der Waals surface area contributed by atoms with Crippen molar-refractivity contribution in [2.45, 2.75) is 122 Å². The first-order valence-corrected chi connectivity index (χ1v) is 10.7. The lowest BCUT2D eigenvalue weighted by Gasteiger charge is -2.08. The molecule has 23 heavy (non-hydrogen) atoms. The number of nitrogens with zero attached hydrogens (tertiary/aromatic N) is 1. The zero-order valence-electron chi connectivity index (χ0n) is 15.8. The van der Waals surface area contributed by atoms with Gasteiger partial charge in [0.25, 0.3) is 0 Å². The van der Waals surface area contributed by atoms with Crippen molar-refractivity contribution in [3.05, 3.63) is 0 Å². The Morgan fingerprint density at radius 2 is 1.13 bits per heavy atom. The minimum atomic E-state index is 0.640. The summed E-state index contributed by atoms with van der Waals surface area (Å²) < 4.78 is 0. The number of rotatable bonds is 17. The summed E-state index contributed by atoms with van der Waals surface area (Å²) in [6.07, 6.45) is 26.4. The standard InChI is InChI=1S/C21H42N2/c1-2-3-4-5-6-7-8-9-10-11-12-13-14-15-16-17-18-21-19-22-20-23-21/h20-21H,2-19H2,1H3,(H,22,23). The molecule has 1 rings (SSSR count). The average Bonchev–Trinajstić information content (AvgIpc) is 3.08. The van der Waals surface area contributed by atoms with E-state index in [4.69, 9.17) is 0 Å². The second-order valence-corrected chi connectivity index (χ2v) is 7.45. The Morgan fingerprint density at radius 1 is 0.696 bits per heavy atom. The Kier molecular flexibility index (Phi) is 14.6. The number of unbranched alkanes of at least 4 members (excludes halogenated alkanes) is 15. The van der Waals surface area contributed by atoms with Crippen molar-refractivity contribution >= 4 is 6.34 Å². The van der Waals surface area contributed by atoms with Gasteiger partial charge in [-0.05, 0) is 6.42 Å². The first-order valence-electron chi connectivity index (χ1n) is 10.7. The predicted octanol–water partition coefficient (Wildman–Crippen LogP) is 6.64. The van der Waals surface area contributed by atoms with E-state index in [2.05, 4.69) is 17.2 Å². The van der Waals surface area contributed by atoms with E-state index in [9.17, 15) is 0 Å². The van der Waals surface area contributed by atoms with Gasteiger partial charge in [-0.25, -0.2) is 0 Å². The molecule has 0 bridgehead atoms. The molecule has 1 unspecified atom stereocenters. The van der Waals surface area contributed by atoms with Crippen LogP contribution in [0.1, 0.15) is 116 Å². The summed E-state index contributed by atoms with van der Waals surface area (Å²) >= 11 is 0. The molecule has 1 aliphatic rings. The Balaban J connectivity index is 1.64. The van der Waals surface area contributed by atoms with E-state index < -0.39 is 0 Å². The van der Waals surface area contributed by atoms with Crippen LogP contribution in [-0.2, 0) is 0 Å². The molecule has 0 spiro atoms. The van der Waals surface area contributed by atoms with E-state index in [1.165, 1.54) is 109 Å². The van der Waals surface area contributed by atoms with E-state index >= 15 is 0 Å². The van der Waals surface area contributed by atoms with Gasteiger partial charge in [0.1, 0.15) is 0 Å². The SMILES string of the molecule is CCCCCCCCCCCCCCCCCCC1CN=CN1. The summed E-state index contributed by atoms with van der Waals surface area (Å²) in [6, 6.07) is 0.640. The third-order valence-electron chi connectivity index (χ3n) is 5.13. The molecular formula is C21H42N2. The maximum absolute atomic E-state index is 4.22. The first kappa shape index (κ1) is 20.5. The number of nitrogens with one attached hydrogen (secondary N) is 1. The smallest absolute Gasteiger partial charge is 0.0827 e. The third-order valence-corrected chi connectivity index (χ3v) is 5.13. The highest BCUT2D eigenvalue weighted by molar-refractivity contribution is 5.57. The molecule has 1 heterocycles. The minimum absolute atomic E-state index is 0.640. The molecule has 2 nitrogen and oxygen atoms in total. The van der Waals surface area contributed by atoms with Crippen LogP contribution in [0.15, 0.2) is 4.99 Å². The van der Waals surface area contributed by atoms with Crippen LogP contribution < -0.4 is 5.32 Å². The number of hydrogen-bond donors (Lipinski definition) is 1. The lowest BCUT2D eigenvalue weighted by Crippen LogP contribution is -2.24. The van der Waals surface area contributed by atoms with Gasteiger partial charge in [0.05, 0.1) is 12.9 Å². The van der Waals surface area contributed by atoms with Crippen molar-refractivity contribution < 1.29 is 0 Å². The lowest BCUT2D eigenvalue weighted by atomic mass is 10.0. The molecule has 0 aromatic rings. The molecule has 136 valence electrons. The summed E-state index contributed by atoms with van der Waals surface area (Å²) in [5, 5.41) is 3.32. The Bertz CT molecular complexity index is 255. The predicted molar refractivity (Wildman–Crippen MR) is 104 cm³/mol. The molecule has 1 aliphatic heterocycles. The van der Waals surface area contributed by atoms with Gasteiger partial charge in [-0.2, -0.15) is 0 Å². The van der Waals surface area contributed by atoms with Crippen molar-refractivity contribution in [1.82, 2.24) is 5.32 Å². The lowest BCUT2D eigenvalue weighted by molar-refractivity contribution is 0.511. The van der Waals surface area contributed by atoms with Gasteiger partial charge in [-0.15, -0.1) is 0 Å². The van der Waals surface area contributed by atoms with E-state index in [0.29, 0.717) is 6.04 Å². The van der Waals surface area contributed by atoms with Gasteiger partial charge in [-0.1, -0.05) is 110 Å². The van der Waals surface area contributed by atoms with E-state index in [1.807, 2.05) is 6.34 Å². The Morgan fingerprint density at radius 3 is 1.52 bits per heavy atom. The van der Waals surface area contributed by atoms with Crippen LogP contribution in [0.25, 0.3) is 0 Å².